The lowest BCUT2D eigenvalue weighted by molar-refractivity contribution is 0.345. The smallest absolute Gasteiger partial charge is 0.280 e. The summed E-state index contributed by atoms with van der Waals surface area (Å²) in [5, 5.41) is 0. The molecular formula is C15H23N3O2S. The molecule has 0 amide bonds. The Balaban J connectivity index is 1.77. The van der Waals surface area contributed by atoms with Crippen molar-refractivity contribution in [2.45, 2.75) is 44.2 Å². The van der Waals surface area contributed by atoms with E-state index in [-0.39, 0.29) is 0 Å². The highest BCUT2D eigenvalue weighted by Gasteiger charge is 2.39. The van der Waals surface area contributed by atoms with Crippen LogP contribution in [0.4, 0.5) is 0 Å². The number of rotatable bonds is 4. The normalized spacial score (nSPS) is 22.1. The molecule has 1 fully saturated rings. The van der Waals surface area contributed by atoms with Gasteiger partial charge in [-0.05, 0) is 30.4 Å². The summed E-state index contributed by atoms with van der Waals surface area (Å²) in [5.41, 5.74) is 7.75. The predicted octanol–water partition coefficient (Wildman–Crippen LogP) is 1.15. The molecule has 0 aromatic heterocycles. The molecule has 0 bridgehead atoms. The Morgan fingerprint density at radius 1 is 1.19 bits per heavy atom. The molecule has 1 saturated carbocycles. The lowest BCUT2D eigenvalue weighted by atomic mass is 10.0. The van der Waals surface area contributed by atoms with Crippen LogP contribution in [0.5, 0.6) is 0 Å². The first-order valence-electron chi connectivity index (χ1n) is 7.61. The minimum absolute atomic E-state index is 0.372. The van der Waals surface area contributed by atoms with Crippen LogP contribution in [0.1, 0.15) is 36.8 Å². The van der Waals surface area contributed by atoms with Gasteiger partial charge in [-0.3, -0.25) is 0 Å². The number of benzene rings is 1. The third-order valence-corrected chi connectivity index (χ3v) is 6.41. The molecule has 1 aliphatic heterocycles. The summed E-state index contributed by atoms with van der Waals surface area (Å²) in [7, 11) is -3.48. The van der Waals surface area contributed by atoms with Gasteiger partial charge in [-0.25, -0.2) is 0 Å². The fourth-order valence-corrected chi connectivity index (χ4v) is 5.02. The summed E-state index contributed by atoms with van der Waals surface area (Å²) < 4.78 is 29.8. The monoisotopic (exact) mass is 309 g/mol. The molecule has 0 saturated heterocycles. The van der Waals surface area contributed by atoms with E-state index in [1.807, 2.05) is 18.2 Å². The molecule has 1 aromatic carbocycles. The van der Waals surface area contributed by atoms with E-state index >= 15 is 0 Å². The van der Waals surface area contributed by atoms with E-state index in [1.54, 1.807) is 4.31 Å². The van der Waals surface area contributed by atoms with Crippen molar-refractivity contribution < 1.29 is 8.42 Å². The lowest BCUT2D eigenvalue weighted by Crippen LogP contribution is -2.56. The fourth-order valence-electron chi connectivity index (χ4n) is 3.41. The van der Waals surface area contributed by atoms with E-state index in [0.717, 1.165) is 37.7 Å². The van der Waals surface area contributed by atoms with E-state index in [0.29, 0.717) is 19.6 Å². The van der Waals surface area contributed by atoms with Gasteiger partial charge in [0.15, 0.2) is 0 Å². The zero-order chi connectivity index (χ0) is 14.9. The molecule has 0 radical (unpaired) electrons. The number of hydrogen-bond acceptors (Lipinski definition) is 3. The molecule has 6 heteroatoms. The third-order valence-electron chi connectivity index (χ3n) is 4.73. The zero-order valence-corrected chi connectivity index (χ0v) is 13.0. The van der Waals surface area contributed by atoms with Crippen molar-refractivity contribution in [1.29, 1.82) is 0 Å². The van der Waals surface area contributed by atoms with E-state index in [1.165, 1.54) is 5.56 Å². The molecule has 1 aromatic rings. The van der Waals surface area contributed by atoms with Gasteiger partial charge < -0.3 is 5.73 Å². The summed E-state index contributed by atoms with van der Waals surface area (Å²) in [6.07, 6.45) is 4.54. The summed E-state index contributed by atoms with van der Waals surface area (Å²) >= 11 is 0. The van der Waals surface area contributed by atoms with Crippen molar-refractivity contribution in [3.8, 4) is 0 Å². The maximum Gasteiger partial charge on any atom is 0.280 e. The summed E-state index contributed by atoms with van der Waals surface area (Å²) in [4.78, 5) is 0. The van der Waals surface area contributed by atoms with Gasteiger partial charge in [-0.2, -0.15) is 17.4 Å². The van der Waals surface area contributed by atoms with E-state index in [9.17, 15) is 8.42 Å². The number of fused-ring (bicyclic) bond motifs is 1. The topological polar surface area (TPSA) is 75.4 Å². The van der Waals surface area contributed by atoms with Gasteiger partial charge in [0.2, 0.25) is 0 Å². The lowest BCUT2D eigenvalue weighted by Gasteiger charge is -2.34. The fraction of sp³-hybridized carbons (Fsp3) is 0.600. The zero-order valence-electron chi connectivity index (χ0n) is 12.2. The maximum absolute atomic E-state index is 12.7. The van der Waals surface area contributed by atoms with Crippen LogP contribution in [0.3, 0.4) is 0 Å². The van der Waals surface area contributed by atoms with Crippen LogP contribution in [0.15, 0.2) is 24.3 Å². The summed E-state index contributed by atoms with van der Waals surface area (Å²) in [6, 6.07) is 8.04. The Morgan fingerprint density at radius 2 is 1.86 bits per heavy atom. The Kier molecular flexibility index (Phi) is 4.05. The van der Waals surface area contributed by atoms with Crippen LogP contribution in [-0.4, -0.2) is 31.4 Å². The van der Waals surface area contributed by atoms with Crippen LogP contribution in [0, 0.1) is 0 Å². The minimum atomic E-state index is -3.48. The largest absolute Gasteiger partial charge is 0.329 e. The molecule has 5 nitrogen and oxygen atoms in total. The van der Waals surface area contributed by atoms with E-state index < -0.39 is 15.7 Å². The Morgan fingerprint density at radius 3 is 2.52 bits per heavy atom. The predicted molar refractivity (Wildman–Crippen MR) is 82.9 cm³/mol. The molecule has 3 N–H and O–H groups in total. The van der Waals surface area contributed by atoms with Crippen molar-refractivity contribution in [3.05, 3.63) is 35.4 Å². The standard InChI is InChI=1S/C15H23N3O2S/c16-12-15(8-3-4-9-15)17-21(19,20)18-10-7-13-5-1-2-6-14(13)11-18/h1-2,5-6,17H,3-4,7-12,16H2. The maximum atomic E-state index is 12.7. The highest BCUT2D eigenvalue weighted by Crippen LogP contribution is 2.30. The van der Waals surface area contributed by atoms with Crippen molar-refractivity contribution >= 4 is 10.2 Å². The average Bonchev–Trinajstić information content (AvgIpc) is 2.95. The highest BCUT2D eigenvalue weighted by atomic mass is 32.2. The van der Waals surface area contributed by atoms with Crippen molar-refractivity contribution in [1.82, 2.24) is 9.03 Å². The van der Waals surface area contributed by atoms with Gasteiger partial charge in [-0.15, -0.1) is 0 Å². The number of nitrogens with zero attached hydrogens (tertiary/aromatic N) is 1. The van der Waals surface area contributed by atoms with Gasteiger partial charge in [0.25, 0.3) is 10.2 Å². The highest BCUT2D eigenvalue weighted by molar-refractivity contribution is 7.87. The van der Waals surface area contributed by atoms with Crippen LogP contribution < -0.4 is 10.5 Å². The molecule has 0 spiro atoms. The Hall–Kier alpha value is -0.950. The average molecular weight is 309 g/mol. The second kappa shape index (κ2) is 5.68. The van der Waals surface area contributed by atoms with Crippen LogP contribution in [0.25, 0.3) is 0 Å². The number of nitrogens with two attached hydrogens (primary N) is 1. The molecule has 1 heterocycles. The molecule has 3 rings (SSSR count). The second-order valence-corrected chi connectivity index (χ2v) is 7.82. The molecule has 0 unspecified atom stereocenters. The first-order chi connectivity index (χ1) is 10.0. The van der Waals surface area contributed by atoms with Gasteiger partial charge in [0, 0.05) is 25.2 Å². The van der Waals surface area contributed by atoms with Crippen molar-refractivity contribution in [2.24, 2.45) is 5.73 Å². The Labute approximate surface area is 126 Å². The van der Waals surface area contributed by atoms with Crippen LogP contribution >= 0.6 is 0 Å². The molecular weight excluding hydrogens is 286 g/mol. The second-order valence-electron chi connectivity index (χ2n) is 6.15. The van der Waals surface area contributed by atoms with Crippen molar-refractivity contribution in [2.75, 3.05) is 13.1 Å². The van der Waals surface area contributed by atoms with E-state index in [2.05, 4.69) is 10.8 Å². The first kappa shape index (κ1) is 15.0. The molecule has 21 heavy (non-hydrogen) atoms. The van der Waals surface area contributed by atoms with Gasteiger partial charge >= 0.3 is 0 Å². The van der Waals surface area contributed by atoms with Crippen LogP contribution in [-0.2, 0) is 23.2 Å². The SMILES string of the molecule is NCC1(NS(=O)(=O)N2CCc3ccccc3C2)CCCC1. The minimum Gasteiger partial charge on any atom is -0.329 e. The summed E-state index contributed by atoms with van der Waals surface area (Å²) in [5.74, 6) is 0. The number of hydrogen-bond donors (Lipinski definition) is 2. The van der Waals surface area contributed by atoms with Gasteiger partial charge in [-0.1, -0.05) is 37.1 Å². The molecule has 1 aliphatic carbocycles. The quantitative estimate of drug-likeness (QED) is 0.876. The third kappa shape index (κ3) is 2.99. The molecule has 116 valence electrons. The van der Waals surface area contributed by atoms with Gasteiger partial charge in [0.05, 0.1) is 0 Å². The summed E-state index contributed by atoms with van der Waals surface area (Å²) in [6.45, 7) is 1.36. The van der Waals surface area contributed by atoms with Crippen molar-refractivity contribution in [3.63, 3.8) is 0 Å². The first-order valence-corrected chi connectivity index (χ1v) is 9.05. The van der Waals surface area contributed by atoms with Crippen LogP contribution in [0.2, 0.25) is 0 Å². The van der Waals surface area contributed by atoms with E-state index in [4.69, 9.17) is 5.73 Å². The van der Waals surface area contributed by atoms with Gasteiger partial charge in [0.1, 0.15) is 0 Å². The number of nitrogens with one attached hydrogen (secondary N) is 1. The molecule has 0 atom stereocenters. The molecule has 2 aliphatic rings. The Bertz CT molecular complexity index is 609.